The lowest BCUT2D eigenvalue weighted by atomic mass is 10.1. The molecular formula is C21H21F3N6O. The number of hydrogen-bond acceptors (Lipinski definition) is 5. The normalized spacial score (nSPS) is 14.5. The number of carbonyl (C=O) groups excluding carboxylic acids is 1. The zero-order chi connectivity index (χ0) is 21.8. The Labute approximate surface area is 176 Å². The van der Waals surface area contributed by atoms with Crippen LogP contribution in [0.3, 0.4) is 0 Å². The molecule has 0 radical (unpaired) electrons. The summed E-state index contributed by atoms with van der Waals surface area (Å²) in [5, 5.41) is 13.6. The van der Waals surface area contributed by atoms with Crippen molar-refractivity contribution in [2.75, 3.05) is 23.3 Å². The summed E-state index contributed by atoms with van der Waals surface area (Å²) in [6.45, 7) is 1.51. The molecule has 3 aromatic rings. The van der Waals surface area contributed by atoms with Crippen molar-refractivity contribution in [3.63, 3.8) is 0 Å². The number of alkyl halides is 3. The van der Waals surface area contributed by atoms with E-state index in [2.05, 4.69) is 20.8 Å². The Bertz CT molecular complexity index is 1030. The standard InChI is InChI=1S/C21H21F3N6O/c22-21(23,24)16-6-9-19(29-10-2-1-3-11-29)18(13-16)26-20(31)12-15-4-7-17(8-5-15)30-14-25-27-28-30/h4-9,13-14H,1-3,10-12H2,(H,26,31). The van der Waals surface area contributed by atoms with Gasteiger partial charge in [-0.2, -0.15) is 13.2 Å². The Morgan fingerprint density at radius 3 is 2.42 bits per heavy atom. The number of anilines is 2. The van der Waals surface area contributed by atoms with Gasteiger partial charge in [-0.1, -0.05) is 12.1 Å². The monoisotopic (exact) mass is 430 g/mol. The number of nitrogens with zero attached hydrogens (tertiary/aromatic N) is 5. The molecule has 0 spiro atoms. The van der Waals surface area contributed by atoms with Crippen LogP contribution >= 0.6 is 0 Å². The molecule has 1 aromatic heterocycles. The van der Waals surface area contributed by atoms with E-state index in [-0.39, 0.29) is 18.0 Å². The van der Waals surface area contributed by atoms with Crippen molar-refractivity contribution in [1.29, 1.82) is 0 Å². The van der Waals surface area contributed by atoms with E-state index in [0.29, 0.717) is 5.69 Å². The summed E-state index contributed by atoms with van der Waals surface area (Å²) in [4.78, 5) is 14.7. The van der Waals surface area contributed by atoms with E-state index in [0.717, 1.165) is 55.7 Å². The number of nitrogens with one attached hydrogen (secondary N) is 1. The quantitative estimate of drug-likeness (QED) is 0.666. The molecule has 0 saturated carbocycles. The summed E-state index contributed by atoms with van der Waals surface area (Å²) < 4.78 is 41.2. The second kappa shape index (κ2) is 8.75. The summed E-state index contributed by atoms with van der Waals surface area (Å²) in [6.07, 6.45) is 0.0541. The van der Waals surface area contributed by atoms with Crippen molar-refractivity contribution in [3.8, 4) is 5.69 Å². The highest BCUT2D eigenvalue weighted by Gasteiger charge is 2.31. The van der Waals surface area contributed by atoms with Crippen LogP contribution in [0.2, 0.25) is 0 Å². The molecule has 1 saturated heterocycles. The lowest BCUT2D eigenvalue weighted by Gasteiger charge is -2.31. The number of aromatic nitrogens is 4. The van der Waals surface area contributed by atoms with Gasteiger partial charge >= 0.3 is 6.18 Å². The fourth-order valence-corrected chi connectivity index (χ4v) is 3.65. The average Bonchev–Trinajstić information content (AvgIpc) is 3.29. The van der Waals surface area contributed by atoms with Gasteiger partial charge in [0.05, 0.1) is 29.0 Å². The van der Waals surface area contributed by atoms with E-state index >= 15 is 0 Å². The molecule has 10 heteroatoms. The van der Waals surface area contributed by atoms with Gasteiger partial charge in [-0.05, 0) is 65.6 Å². The summed E-state index contributed by atoms with van der Waals surface area (Å²) in [5.74, 6) is -0.382. The zero-order valence-electron chi connectivity index (χ0n) is 16.6. The van der Waals surface area contributed by atoms with Gasteiger partial charge in [-0.25, -0.2) is 4.68 Å². The largest absolute Gasteiger partial charge is 0.416 e. The highest BCUT2D eigenvalue weighted by Crippen LogP contribution is 2.36. The van der Waals surface area contributed by atoms with Crippen LogP contribution in [0.5, 0.6) is 0 Å². The van der Waals surface area contributed by atoms with Gasteiger partial charge in [0, 0.05) is 13.1 Å². The predicted octanol–water partition coefficient (Wildman–Crippen LogP) is 3.85. The van der Waals surface area contributed by atoms with E-state index in [4.69, 9.17) is 0 Å². The third-order valence-electron chi connectivity index (χ3n) is 5.21. The van der Waals surface area contributed by atoms with E-state index < -0.39 is 11.7 Å². The fourth-order valence-electron chi connectivity index (χ4n) is 3.65. The highest BCUT2D eigenvalue weighted by molar-refractivity contribution is 5.95. The topological polar surface area (TPSA) is 75.9 Å². The molecule has 1 amide bonds. The van der Waals surface area contributed by atoms with Gasteiger partial charge < -0.3 is 10.2 Å². The van der Waals surface area contributed by atoms with Crippen LogP contribution in [-0.4, -0.2) is 39.2 Å². The van der Waals surface area contributed by atoms with Gasteiger partial charge in [-0.3, -0.25) is 4.79 Å². The zero-order valence-corrected chi connectivity index (χ0v) is 16.6. The molecule has 1 N–H and O–H groups in total. The van der Waals surface area contributed by atoms with Crippen LogP contribution in [0.25, 0.3) is 5.69 Å². The van der Waals surface area contributed by atoms with Crippen molar-refractivity contribution in [2.24, 2.45) is 0 Å². The molecule has 2 heterocycles. The van der Waals surface area contributed by atoms with Gasteiger partial charge in [0.15, 0.2) is 0 Å². The van der Waals surface area contributed by atoms with E-state index in [1.165, 1.54) is 17.1 Å². The third kappa shape index (κ3) is 5.01. The molecule has 0 atom stereocenters. The maximum atomic E-state index is 13.2. The number of piperidine rings is 1. The minimum Gasteiger partial charge on any atom is -0.370 e. The second-order valence-corrected chi connectivity index (χ2v) is 7.42. The summed E-state index contributed by atoms with van der Waals surface area (Å²) in [5.41, 5.74) is 1.48. The summed E-state index contributed by atoms with van der Waals surface area (Å²) in [7, 11) is 0. The van der Waals surface area contributed by atoms with Crippen LogP contribution < -0.4 is 10.2 Å². The Kier molecular flexibility index (Phi) is 5.88. The maximum absolute atomic E-state index is 13.2. The second-order valence-electron chi connectivity index (χ2n) is 7.42. The van der Waals surface area contributed by atoms with Crippen LogP contribution in [0, 0.1) is 0 Å². The van der Waals surface area contributed by atoms with Crippen molar-refractivity contribution < 1.29 is 18.0 Å². The Morgan fingerprint density at radius 2 is 1.77 bits per heavy atom. The van der Waals surface area contributed by atoms with Gasteiger partial charge in [0.25, 0.3) is 0 Å². The van der Waals surface area contributed by atoms with Gasteiger partial charge in [-0.15, -0.1) is 5.10 Å². The molecule has 4 rings (SSSR count). The van der Waals surface area contributed by atoms with E-state index in [1.54, 1.807) is 24.3 Å². The van der Waals surface area contributed by atoms with E-state index in [9.17, 15) is 18.0 Å². The number of rotatable bonds is 5. The van der Waals surface area contributed by atoms with Crippen molar-refractivity contribution >= 4 is 17.3 Å². The van der Waals surface area contributed by atoms with Crippen LogP contribution in [0.1, 0.15) is 30.4 Å². The third-order valence-corrected chi connectivity index (χ3v) is 5.21. The SMILES string of the molecule is O=C(Cc1ccc(-n2cnnn2)cc1)Nc1cc(C(F)(F)F)ccc1N1CCCCC1. The van der Waals surface area contributed by atoms with E-state index in [1.807, 2.05) is 4.90 Å². The lowest BCUT2D eigenvalue weighted by molar-refractivity contribution is -0.137. The minimum atomic E-state index is -4.48. The average molecular weight is 430 g/mol. The molecule has 7 nitrogen and oxygen atoms in total. The molecule has 1 aliphatic rings. The predicted molar refractivity (Wildman–Crippen MR) is 109 cm³/mol. The number of hydrogen-bond donors (Lipinski definition) is 1. The molecule has 0 bridgehead atoms. The van der Waals surface area contributed by atoms with Crippen molar-refractivity contribution in [1.82, 2.24) is 20.2 Å². The fraction of sp³-hybridized carbons (Fsp3) is 0.333. The van der Waals surface area contributed by atoms with Crippen LogP contribution in [-0.2, 0) is 17.4 Å². The molecular weight excluding hydrogens is 409 g/mol. The molecule has 1 fully saturated rings. The van der Waals surface area contributed by atoms with Crippen molar-refractivity contribution in [3.05, 3.63) is 59.9 Å². The smallest absolute Gasteiger partial charge is 0.370 e. The first-order valence-corrected chi connectivity index (χ1v) is 9.98. The summed E-state index contributed by atoms with van der Waals surface area (Å²) >= 11 is 0. The Morgan fingerprint density at radius 1 is 1.03 bits per heavy atom. The van der Waals surface area contributed by atoms with Crippen LogP contribution in [0.4, 0.5) is 24.5 Å². The number of benzene rings is 2. The Hall–Kier alpha value is -3.43. The van der Waals surface area contributed by atoms with Crippen molar-refractivity contribution in [2.45, 2.75) is 31.9 Å². The first-order chi connectivity index (χ1) is 14.9. The first-order valence-electron chi connectivity index (χ1n) is 9.98. The number of amides is 1. The highest BCUT2D eigenvalue weighted by atomic mass is 19.4. The molecule has 0 aliphatic carbocycles. The number of carbonyl (C=O) groups is 1. The Balaban J connectivity index is 1.51. The van der Waals surface area contributed by atoms with Crippen LogP contribution in [0.15, 0.2) is 48.8 Å². The van der Waals surface area contributed by atoms with Gasteiger partial charge in [0.1, 0.15) is 6.33 Å². The molecule has 0 unspecified atom stereocenters. The molecule has 2 aromatic carbocycles. The summed E-state index contributed by atoms with van der Waals surface area (Å²) in [6, 6.07) is 10.6. The first kappa shape index (κ1) is 20.8. The minimum absolute atomic E-state index is 0.0333. The molecule has 162 valence electrons. The number of tetrazole rings is 1. The molecule has 1 aliphatic heterocycles. The molecule has 31 heavy (non-hydrogen) atoms. The number of halogens is 3. The van der Waals surface area contributed by atoms with Gasteiger partial charge in [0.2, 0.25) is 5.91 Å². The maximum Gasteiger partial charge on any atom is 0.416 e. The lowest BCUT2D eigenvalue weighted by Crippen LogP contribution is -2.30.